The van der Waals surface area contributed by atoms with E-state index >= 15 is 0 Å². The Morgan fingerprint density at radius 1 is 1.43 bits per heavy atom. The Hall–Kier alpha value is -0.340. The van der Waals surface area contributed by atoms with Gasteiger partial charge in [-0.15, -0.1) is 0 Å². The van der Waals surface area contributed by atoms with Gasteiger partial charge in [0, 0.05) is 13.1 Å². The Balaban J connectivity index is 2.14. The second-order valence-corrected chi connectivity index (χ2v) is 4.49. The minimum atomic E-state index is 0.924. The van der Waals surface area contributed by atoms with Gasteiger partial charge in [-0.05, 0) is 44.0 Å². The fourth-order valence-electron chi connectivity index (χ4n) is 1.89. The average molecular weight is 196 g/mol. The first-order valence-corrected chi connectivity index (χ1v) is 5.82. The van der Waals surface area contributed by atoms with Gasteiger partial charge in [-0.1, -0.05) is 20.4 Å². The van der Waals surface area contributed by atoms with Crippen molar-refractivity contribution in [3.05, 3.63) is 12.2 Å². The van der Waals surface area contributed by atoms with E-state index in [1.807, 2.05) is 0 Å². The maximum atomic E-state index is 4.10. The topological polar surface area (TPSA) is 15.3 Å². The van der Waals surface area contributed by atoms with E-state index in [2.05, 4.69) is 30.6 Å². The molecule has 1 saturated heterocycles. The van der Waals surface area contributed by atoms with Crippen LogP contribution in [0.2, 0.25) is 0 Å². The number of likely N-dealkylation sites (N-methyl/N-ethyl adjacent to an activating group) is 1. The standard InChI is InChI=1S/C12H24N2/c1-4-13-9-12(3)10-14-7-5-11(2)6-8-14/h11,13H,3-10H2,1-2H3. The highest BCUT2D eigenvalue weighted by atomic mass is 15.1. The van der Waals surface area contributed by atoms with Gasteiger partial charge in [-0.25, -0.2) is 0 Å². The van der Waals surface area contributed by atoms with Crippen molar-refractivity contribution in [1.29, 1.82) is 0 Å². The molecular formula is C12H24N2. The van der Waals surface area contributed by atoms with Gasteiger partial charge in [0.1, 0.15) is 0 Å². The molecule has 1 aliphatic heterocycles. The van der Waals surface area contributed by atoms with Crippen molar-refractivity contribution in [2.45, 2.75) is 26.7 Å². The molecule has 1 fully saturated rings. The minimum Gasteiger partial charge on any atom is -0.313 e. The molecule has 0 aromatic rings. The fraction of sp³-hybridized carbons (Fsp3) is 0.833. The molecule has 1 N–H and O–H groups in total. The Morgan fingerprint density at radius 2 is 2.07 bits per heavy atom. The van der Waals surface area contributed by atoms with Gasteiger partial charge < -0.3 is 5.32 Å². The molecule has 0 aromatic heterocycles. The van der Waals surface area contributed by atoms with Gasteiger partial charge >= 0.3 is 0 Å². The highest BCUT2D eigenvalue weighted by molar-refractivity contribution is 5.00. The molecule has 0 spiro atoms. The molecule has 0 radical (unpaired) electrons. The lowest BCUT2D eigenvalue weighted by Crippen LogP contribution is -2.35. The second kappa shape index (κ2) is 6.20. The number of hydrogen-bond acceptors (Lipinski definition) is 2. The first-order chi connectivity index (χ1) is 6.72. The third kappa shape index (κ3) is 4.25. The molecule has 2 heteroatoms. The molecule has 1 rings (SSSR count). The van der Waals surface area contributed by atoms with Crippen molar-refractivity contribution in [3.8, 4) is 0 Å². The lowest BCUT2D eigenvalue weighted by atomic mass is 9.99. The molecule has 1 aliphatic rings. The zero-order valence-electron chi connectivity index (χ0n) is 9.68. The van der Waals surface area contributed by atoms with Crippen LogP contribution in [0.15, 0.2) is 12.2 Å². The minimum absolute atomic E-state index is 0.924. The monoisotopic (exact) mass is 196 g/mol. The molecule has 1 heterocycles. The molecule has 0 bridgehead atoms. The van der Waals surface area contributed by atoms with E-state index in [-0.39, 0.29) is 0 Å². The first-order valence-electron chi connectivity index (χ1n) is 5.82. The summed E-state index contributed by atoms with van der Waals surface area (Å²) >= 11 is 0. The predicted molar refractivity (Wildman–Crippen MR) is 62.5 cm³/mol. The quantitative estimate of drug-likeness (QED) is 0.675. The third-order valence-electron chi connectivity index (χ3n) is 2.95. The number of nitrogens with zero attached hydrogens (tertiary/aromatic N) is 1. The smallest absolute Gasteiger partial charge is 0.0202 e. The van der Waals surface area contributed by atoms with Gasteiger partial charge in [0.05, 0.1) is 0 Å². The van der Waals surface area contributed by atoms with Crippen LogP contribution in [-0.2, 0) is 0 Å². The predicted octanol–water partition coefficient (Wildman–Crippen LogP) is 1.88. The van der Waals surface area contributed by atoms with Gasteiger partial charge in [0.15, 0.2) is 0 Å². The summed E-state index contributed by atoms with van der Waals surface area (Å²) in [5.74, 6) is 0.924. The molecule has 0 aromatic carbocycles. The van der Waals surface area contributed by atoms with E-state index in [0.29, 0.717) is 0 Å². The second-order valence-electron chi connectivity index (χ2n) is 4.49. The lowest BCUT2D eigenvalue weighted by Gasteiger charge is -2.30. The Morgan fingerprint density at radius 3 is 2.64 bits per heavy atom. The van der Waals surface area contributed by atoms with Crippen LogP contribution in [0.25, 0.3) is 0 Å². The van der Waals surface area contributed by atoms with Crippen LogP contribution in [0.3, 0.4) is 0 Å². The van der Waals surface area contributed by atoms with Crippen LogP contribution >= 0.6 is 0 Å². The van der Waals surface area contributed by atoms with Crippen molar-refractivity contribution >= 4 is 0 Å². The molecule has 0 aliphatic carbocycles. The van der Waals surface area contributed by atoms with E-state index < -0.39 is 0 Å². The largest absolute Gasteiger partial charge is 0.313 e. The van der Waals surface area contributed by atoms with Crippen LogP contribution in [0.5, 0.6) is 0 Å². The Kier molecular flexibility index (Phi) is 5.20. The van der Waals surface area contributed by atoms with Crippen LogP contribution in [-0.4, -0.2) is 37.6 Å². The normalized spacial score (nSPS) is 19.9. The zero-order valence-corrected chi connectivity index (χ0v) is 9.68. The van der Waals surface area contributed by atoms with Gasteiger partial charge in [-0.3, -0.25) is 4.90 Å². The SMILES string of the molecule is C=C(CNCC)CN1CCC(C)CC1. The lowest BCUT2D eigenvalue weighted by molar-refractivity contribution is 0.205. The van der Waals surface area contributed by atoms with Crippen LogP contribution < -0.4 is 5.32 Å². The van der Waals surface area contributed by atoms with Crippen molar-refractivity contribution < 1.29 is 0 Å². The number of nitrogens with one attached hydrogen (secondary N) is 1. The summed E-state index contributed by atoms with van der Waals surface area (Å²) < 4.78 is 0. The maximum Gasteiger partial charge on any atom is 0.0202 e. The maximum absolute atomic E-state index is 4.10. The molecule has 14 heavy (non-hydrogen) atoms. The summed E-state index contributed by atoms with van der Waals surface area (Å²) in [6, 6.07) is 0. The van der Waals surface area contributed by atoms with Crippen molar-refractivity contribution in [1.82, 2.24) is 10.2 Å². The summed E-state index contributed by atoms with van der Waals surface area (Å²) in [5, 5.41) is 3.32. The van der Waals surface area contributed by atoms with E-state index in [1.54, 1.807) is 0 Å². The molecule has 0 saturated carbocycles. The van der Waals surface area contributed by atoms with E-state index in [1.165, 1.54) is 31.5 Å². The van der Waals surface area contributed by atoms with Crippen LogP contribution in [0.1, 0.15) is 26.7 Å². The van der Waals surface area contributed by atoms with Crippen LogP contribution in [0, 0.1) is 5.92 Å². The Labute approximate surface area is 88.4 Å². The summed E-state index contributed by atoms with van der Waals surface area (Å²) in [7, 11) is 0. The van der Waals surface area contributed by atoms with E-state index in [9.17, 15) is 0 Å². The number of hydrogen-bond donors (Lipinski definition) is 1. The summed E-state index contributed by atoms with van der Waals surface area (Å²) in [4.78, 5) is 2.53. The summed E-state index contributed by atoms with van der Waals surface area (Å²) in [5.41, 5.74) is 1.32. The molecule has 2 nitrogen and oxygen atoms in total. The highest BCUT2D eigenvalue weighted by Crippen LogP contribution is 2.16. The number of piperidine rings is 1. The van der Waals surface area contributed by atoms with Gasteiger partial charge in [-0.2, -0.15) is 0 Å². The van der Waals surface area contributed by atoms with Crippen molar-refractivity contribution in [2.24, 2.45) is 5.92 Å². The number of rotatable bonds is 5. The van der Waals surface area contributed by atoms with Crippen LogP contribution in [0.4, 0.5) is 0 Å². The van der Waals surface area contributed by atoms with Crippen molar-refractivity contribution in [3.63, 3.8) is 0 Å². The third-order valence-corrected chi connectivity index (χ3v) is 2.95. The van der Waals surface area contributed by atoms with E-state index in [4.69, 9.17) is 0 Å². The summed E-state index contributed by atoms with van der Waals surface area (Å²) in [6.07, 6.45) is 2.71. The van der Waals surface area contributed by atoms with E-state index in [0.717, 1.165) is 25.6 Å². The number of likely N-dealkylation sites (tertiary alicyclic amines) is 1. The molecule has 0 atom stereocenters. The highest BCUT2D eigenvalue weighted by Gasteiger charge is 2.15. The average Bonchev–Trinajstić information content (AvgIpc) is 2.18. The molecule has 82 valence electrons. The molecular weight excluding hydrogens is 172 g/mol. The molecule has 0 unspecified atom stereocenters. The van der Waals surface area contributed by atoms with Gasteiger partial charge in [0.2, 0.25) is 0 Å². The first kappa shape index (κ1) is 11.7. The molecule has 0 amide bonds. The Bertz CT molecular complexity index is 169. The van der Waals surface area contributed by atoms with Crippen molar-refractivity contribution in [2.75, 3.05) is 32.7 Å². The fourth-order valence-corrected chi connectivity index (χ4v) is 1.89. The van der Waals surface area contributed by atoms with Gasteiger partial charge in [0.25, 0.3) is 0 Å². The zero-order chi connectivity index (χ0) is 10.4. The summed E-state index contributed by atoms with van der Waals surface area (Å²) in [6.45, 7) is 14.2.